The van der Waals surface area contributed by atoms with Gasteiger partial charge >= 0.3 is 6.03 Å². The summed E-state index contributed by atoms with van der Waals surface area (Å²) in [5.74, 6) is 1.03. The molecule has 1 aromatic heterocycles. The number of urea groups is 1. The van der Waals surface area contributed by atoms with E-state index >= 15 is 0 Å². The molecule has 0 bridgehead atoms. The molecule has 5 nitrogen and oxygen atoms in total. The van der Waals surface area contributed by atoms with Crippen LogP contribution in [0.3, 0.4) is 0 Å². The molecule has 94 valence electrons. The Labute approximate surface area is 105 Å². The topological polar surface area (TPSA) is 67.2 Å². The Balaban J connectivity index is 2.00. The Hall–Kier alpha value is -2.30. The minimum atomic E-state index is -0.273. The molecule has 0 aliphatic rings. The third kappa shape index (κ3) is 3.10. The predicted molar refractivity (Wildman–Crippen MR) is 69.3 cm³/mol. The molecule has 0 fully saturated rings. The zero-order chi connectivity index (χ0) is 12.8. The summed E-state index contributed by atoms with van der Waals surface area (Å²) in [5, 5.41) is 9.10. The first kappa shape index (κ1) is 12.2. The number of benzene rings is 1. The van der Waals surface area contributed by atoms with E-state index in [0.29, 0.717) is 18.1 Å². The van der Waals surface area contributed by atoms with Crippen molar-refractivity contribution in [1.29, 1.82) is 0 Å². The van der Waals surface area contributed by atoms with Crippen LogP contribution in [-0.2, 0) is 0 Å². The molecule has 0 saturated heterocycles. The molecule has 1 aromatic carbocycles. The van der Waals surface area contributed by atoms with Gasteiger partial charge in [0.15, 0.2) is 11.6 Å². The summed E-state index contributed by atoms with van der Waals surface area (Å²) in [4.78, 5) is 11.4. The second-order valence-electron chi connectivity index (χ2n) is 3.82. The summed E-state index contributed by atoms with van der Waals surface area (Å²) in [6, 6.07) is 11.0. The number of carbonyl (C=O) groups excluding carboxylic acids is 1. The molecular formula is C13H15N3O2. The fraction of sp³-hybridized carbons (Fsp3) is 0.231. The van der Waals surface area contributed by atoms with E-state index in [1.807, 2.05) is 37.3 Å². The van der Waals surface area contributed by atoms with Gasteiger partial charge in [-0.25, -0.2) is 4.79 Å². The van der Waals surface area contributed by atoms with Gasteiger partial charge < -0.3 is 9.84 Å². The lowest BCUT2D eigenvalue weighted by Crippen LogP contribution is -2.29. The van der Waals surface area contributed by atoms with Gasteiger partial charge in [0.2, 0.25) is 0 Å². The SMILES string of the molecule is CCCNC(=O)Nc1cc(-c2ccccc2)on1. The van der Waals surface area contributed by atoms with Gasteiger partial charge in [-0.3, -0.25) is 5.32 Å². The molecule has 0 spiro atoms. The highest BCUT2D eigenvalue weighted by Crippen LogP contribution is 2.21. The first-order valence-corrected chi connectivity index (χ1v) is 5.86. The van der Waals surface area contributed by atoms with E-state index in [0.717, 1.165) is 12.0 Å². The van der Waals surface area contributed by atoms with Crippen molar-refractivity contribution in [1.82, 2.24) is 10.5 Å². The quantitative estimate of drug-likeness (QED) is 0.870. The zero-order valence-corrected chi connectivity index (χ0v) is 10.1. The van der Waals surface area contributed by atoms with Crippen LogP contribution in [0.1, 0.15) is 13.3 Å². The number of hydrogen-bond acceptors (Lipinski definition) is 3. The first-order valence-electron chi connectivity index (χ1n) is 5.86. The monoisotopic (exact) mass is 245 g/mol. The standard InChI is InChI=1S/C13H15N3O2/c1-2-8-14-13(17)15-12-9-11(18-16-12)10-6-4-3-5-7-10/h3-7,9H,2,8H2,1H3,(H2,14,15,16,17). The highest BCUT2D eigenvalue weighted by atomic mass is 16.5. The predicted octanol–water partition coefficient (Wildman–Crippen LogP) is 2.87. The first-order chi connectivity index (χ1) is 8.79. The number of amides is 2. The highest BCUT2D eigenvalue weighted by Gasteiger charge is 2.08. The molecule has 18 heavy (non-hydrogen) atoms. The van der Waals surface area contributed by atoms with E-state index in [1.165, 1.54) is 0 Å². The smallest absolute Gasteiger partial charge is 0.320 e. The number of anilines is 1. The summed E-state index contributed by atoms with van der Waals surface area (Å²) in [5.41, 5.74) is 0.923. The lowest BCUT2D eigenvalue weighted by molar-refractivity contribution is 0.252. The molecule has 1 heterocycles. The Morgan fingerprint density at radius 2 is 2.11 bits per heavy atom. The van der Waals surface area contributed by atoms with Crippen molar-refractivity contribution >= 4 is 11.8 Å². The normalized spacial score (nSPS) is 10.1. The average molecular weight is 245 g/mol. The number of nitrogens with zero attached hydrogens (tertiary/aromatic N) is 1. The number of hydrogen-bond donors (Lipinski definition) is 2. The molecule has 0 atom stereocenters. The molecule has 0 saturated carbocycles. The van der Waals surface area contributed by atoms with Crippen molar-refractivity contribution in [2.45, 2.75) is 13.3 Å². The molecule has 5 heteroatoms. The molecule has 2 rings (SSSR count). The van der Waals surface area contributed by atoms with E-state index < -0.39 is 0 Å². The van der Waals surface area contributed by atoms with Crippen LogP contribution in [0, 0.1) is 0 Å². The molecule has 2 amide bonds. The van der Waals surface area contributed by atoms with Crippen LogP contribution in [0.4, 0.5) is 10.6 Å². The van der Waals surface area contributed by atoms with Gasteiger partial charge in [-0.15, -0.1) is 0 Å². The lowest BCUT2D eigenvalue weighted by Gasteiger charge is -2.01. The number of carbonyl (C=O) groups is 1. The molecule has 0 unspecified atom stereocenters. The number of rotatable bonds is 4. The van der Waals surface area contributed by atoms with Crippen LogP contribution >= 0.6 is 0 Å². The van der Waals surface area contributed by atoms with Gasteiger partial charge in [-0.1, -0.05) is 42.4 Å². The van der Waals surface area contributed by atoms with Crippen LogP contribution in [0.15, 0.2) is 40.9 Å². The third-order valence-corrected chi connectivity index (χ3v) is 2.35. The van der Waals surface area contributed by atoms with Gasteiger partial charge in [0.05, 0.1) is 0 Å². The van der Waals surface area contributed by atoms with Gasteiger partial charge in [0, 0.05) is 18.2 Å². The molecular weight excluding hydrogens is 230 g/mol. The maximum Gasteiger partial charge on any atom is 0.320 e. The van der Waals surface area contributed by atoms with Crippen molar-refractivity contribution in [2.24, 2.45) is 0 Å². The lowest BCUT2D eigenvalue weighted by atomic mass is 10.2. The molecule has 0 aliphatic carbocycles. The summed E-state index contributed by atoms with van der Waals surface area (Å²) in [6.45, 7) is 2.62. The van der Waals surface area contributed by atoms with E-state index in [-0.39, 0.29) is 6.03 Å². The van der Waals surface area contributed by atoms with Gasteiger partial charge in [-0.2, -0.15) is 0 Å². The minimum Gasteiger partial charge on any atom is -0.354 e. The number of nitrogens with one attached hydrogen (secondary N) is 2. The Morgan fingerprint density at radius 1 is 1.33 bits per heavy atom. The van der Waals surface area contributed by atoms with Crippen LogP contribution in [0.2, 0.25) is 0 Å². The maximum absolute atomic E-state index is 11.4. The van der Waals surface area contributed by atoms with Crippen LogP contribution in [0.25, 0.3) is 11.3 Å². The highest BCUT2D eigenvalue weighted by molar-refractivity contribution is 5.88. The van der Waals surface area contributed by atoms with Crippen LogP contribution < -0.4 is 10.6 Å². The van der Waals surface area contributed by atoms with E-state index in [1.54, 1.807) is 6.07 Å². The molecule has 0 radical (unpaired) electrons. The Bertz CT molecular complexity index is 508. The average Bonchev–Trinajstić information content (AvgIpc) is 2.86. The van der Waals surface area contributed by atoms with Crippen molar-refractivity contribution < 1.29 is 9.32 Å². The minimum absolute atomic E-state index is 0.273. The van der Waals surface area contributed by atoms with Gasteiger partial charge in [-0.05, 0) is 6.42 Å². The fourth-order valence-electron chi connectivity index (χ4n) is 1.47. The Morgan fingerprint density at radius 3 is 2.83 bits per heavy atom. The molecule has 2 aromatic rings. The maximum atomic E-state index is 11.4. The van der Waals surface area contributed by atoms with Crippen molar-refractivity contribution in [3.05, 3.63) is 36.4 Å². The van der Waals surface area contributed by atoms with Crippen molar-refractivity contribution in [3.63, 3.8) is 0 Å². The molecule has 2 N–H and O–H groups in total. The van der Waals surface area contributed by atoms with Gasteiger partial charge in [0.25, 0.3) is 0 Å². The van der Waals surface area contributed by atoms with E-state index in [9.17, 15) is 4.79 Å². The third-order valence-electron chi connectivity index (χ3n) is 2.35. The van der Waals surface area contributed by atoms with Crippen molar-refractivity contribution in [3.8, 4) is 11.3 Å². The van der Waals surface area contributed by atoms with Gasteiger partial charge in [0.1, 0.15) is 0 Å². The fourth-order valence-corrected chi connectivity index (χ4v) is 1.47. The van der Waals surface area contributed by atoms with E-state index in [4.69, 9.17) is 4.52 Å². The second-order valence-corrected chi connectivity index (χ2v) is 3.82. The van der Waals surface area contributed by atoms with Crippen LogP contribution in [-0.4, -0.2) is 17.7 Å². The zero-order valence-electron chi connectivity index (χ0n) is 10.1. The summed E-state index contributed by atoms with van der Waals surface area (Å²) in [6.07, 6.45) is 0.890. The summed E-state index contributed by atoms with van der Waals surface area (Å²) in [7, 11) is 0. The molecule has 0 aliphatic heterocycles. The van der Waals surface area contributed by atoms with Crippen LogP contribution in [0.5, 0.6) is 0 Å². The summed E-state index contributed by atoms with van der Waals surface area (Å²) >= 11 is 0. The van der Waals surface area contributed by atoms with E-state index in [2.05, 4.69) is 15.8 Å². The Kier molecular flexibility index (Phi) is 3.96. The second kappa shape index (κ2) is 5.86. The summed E-state index contributed by atoms with van der Waals surface area (Å²) < 4.78 is 5.16. The largest absolute Gasteiger partial charge is 0.354 e. The number of aromatic nitrogens is 1. The van der Waals surface area contributed by atoms with Crippen molar-refractivity contribution in [2.75, 3.05) is 11.9 Å².